The molecule has 0 aliphatic carbocycles. The molecule has 32 heavy (non-hydrogen) atoms. The number of carbonyl (C=O) groups excluding carboxylic acids is 2. The monoisotopic (exact) mass is 428 g/mol. The highest BCUT2D eigenvalue weighted by molar-refractivity contribution is 5.93. The zero-order valence-corrected chi connectivity index (χ0v) is 17.5. The molecule has 0 aliphatic heterocycles. The number of esters is 1. The van der Waals surface area contributed by atoms with E-state index >= 15 is 0 Å². The molecule has 0 saturated carbocycles. The number of aromatic nitrogens is 1. The van der Waals surface area contributed by atoms with E-state index in [1.807, 2.05) is 48.7 Å². The van der Waals surface area contributed by atoms with Gasteiger partial charge in [-0.1, -0.05) is 36.4 Å². The van der Waals surface area contributed by atoms with Gasteiger partial charge in [-0.2, -0.15) is 0 Å². The summed E-state index contributed by atoms with van der Waals surface area (Å²) >= 11 is 0. The van der Waals surface area contributed by atoms with Crippen LogP contribution in [0.15, 0.2) is 89.7 Å². The molecule has 0 saturated heterocycles. The van der Waals surface area contributed by atoms with Gasteiger partial charge < -0.3 is 19.5 Å². The van der Waals surface area contributed by atoms with E-state index in [0.717, 1.165) is 16.5 Å². The van der Waals surface area contributed by atoms with Crippen molar-refractivity contribution in [3.63, 3.8) is 0 Å². The summed E-state index contributed by atoms with van der Waals surface area (Å²) in [5.74, 6) is 0.659. The summed E-state index contributed by atoms with van der Waals surface area (Å²) in [6.45, 7) is 0.345. The summed E-state index contributed by atoms with van der Waals surface area (Å²) in [6, 6.07) is 19.8. The molecule has 0 aliphatic rings. The number of furan rings is 1. The molecule has 2 aromatic heterocycles. The number of carbonyl (C=O) groups is 2. The van der Waals surface area contributed by atoms with Crippen molar-refractivity contribution in [2.24, 2.45) is 0 Å². The smallest absolute Gasteiger partial charge is 0.328 e. The van der Waals surface area contributed by atoms with E-state index in [-0.39, 0.29) is 18.2 Å². The van der Waals surface area contributed by atoms with Crippen molar-refractivity contribution in [2.75, 3.05) is 6.54 Å². The van der Waals surface area contributed by atoms with Crippen molar-refractivity contribution in [2.45, 2.75) is 18.9 Å². The van der Waals surface area contributed by atoms with Gasteiger partial charge in [0.15, 0.2) is 5.78 Å². The molecule has 2 heterocycles. The zero-order valence-electron chi connectivity index (χ0n) is 17.5. The maximum atomic E-state index is 12.9. The van der Waals surface area contributed by atoms with Gasteiger partial charge in [-0.25, -0.2) is 4.79 Å². The minimum atomic E-state index is -0.601. The normalized spacial score (nSPS) is 12.2. The Hall–Kier alpha value is -3.90. The summed E-state index contributed by atoms with van der Waals surface area (Å²) in [4.78, 5) is 28.3. The number of fused-ring (bicyclic) bond motifs is 1. The van der Waals surface area contributed by atoms with Gasteiger partial charge in [0.2, 0.25) is 0 Å². The fourth-order valence-electron chi connectivity index (χ4n) is 3.45. The standard InChI is InChI=1S/C26H24N2O4/c29-20(12-13-21-9-6-16-31-21)14-15-27-25(26(30)32-22-7-2-1-3-8-22)17-19-18-28-24-11-5-4-10-23(19)24/h1-13,16,18,25,27-28H,14-15,17H2/b13-12+/t25-/m0/s1. The van der Waals surface area contributed by atoms with Crippen LogP contribution < -0.4 is 10.1 Å². The molecule has 2 aromatic carbocycles. The number of ketones is 1. The number of aromatic amines is 1. The average molecular weight is 428 g/mol. The van der Waals surface area contributed by atoms with Crippen LogP contribution in [0.3, 0.4) is 0 Å². The van der Waals surface area contributed by atoms with E-state index in [1.54, 1.807) is 36.6 Å². The summed E-state index contributed by atoms with van der Waals surface area (Å²) < 4.78 is 10.8. The van der Waals surface area contributed by atoms with Gasteiger partial charge >= 0.3 is 5.97 Å². The minimum absolute atomic E-state index is 0.0591. The molecule has 0 bridgehead atoms. The lowest BCUT2D eigenvalue weighted by Crippen LogP contribution is -2.42. The van der Waals surface area contributed by atoms with Gasteiger partial charge in [0, 0.05) is 36.5 Å². The lowest BCUT2D eigenvalue weighted by molar-refractivity contribution is -0.136. The van der Waals surface area contributed by atoms with Crippen LogP contribution in [-0.2, 0) is 16.0 Å². The van der Waals surface area contributed by atoms with Gasteiger partial charge in [-0.15, -0.1) is 0 Å². The third-order valence-electron chi connectivity index (χ3n) is 5.08. The van der Waals surface area contributed by atoms with Crippen LogP contribution in [0.25, 0.3) is 17.0 Å². The second kappa shape index (κ2) is 10.4. The van der Waals surface area contributed by atoms with Crippen molar-refractivity contribution < 1.29 is 18.7 Å². The van der Waals surface area contributed by atoms with Crippen molar-refractivity contribution in [1.29, 1.82) is 0 Å². The molecule has 2 N–H and O–H groups in total. The lowest BCUT2D eigenvalue weighted by Gasteiger charge is -2.17. The van der Waals surface area contributed by atoms with Crippen LogP contribution in [0.2, 0.25) is 0 Å². The molecule has 0 amide bonds. The van der Waals surface area contributed by atoms with E-state index in [1.165, 1.54) is 6.08 Å². The maximum absolute atomic E-state index is 12.9. The summed E-state index contributed by atoms with van der Waals surface area (Å²) in [6.07, 6.45) is 7.27. The predicted molar refractivity (Wildman–Crippen MR) is 123 cm³/mol. The number of allylic oxidation sites excluding steroid dienone is 1. The Morgan fingerprint density at radius 2 is 1.84 bits per heavy atom. The van der Waals surface area contributed by atoms with E-state index in [2.05, 4.69) is 10.3 Å². The highest BCUT2D eigenvalue weighted by Gasteiger charge is 2.22. The molecule has 0 radical (unpaired) electrons. The Labute approximate surface area is 185 Å². The summed E-state index contributed by atoms with van der Waals surface area (Å²) in [5, 5.41) is 4.26. The first-order chi connectivity index (χ1) is 15.7. The van der Waals surface area contributed by atoms with Gasteiger partial charge in [-0.05, 0) is 48.0 Å². The molecular weight excluding hydrogens is 404 g/mol. The SMILES string of the molecule is O=C(/C=C/c1ccco1)CCN[C@@H](Cc1c[nH]c2ccccc12)C(=O)Oc1ccccc1. The second-order valence-electron chi connectivity index (χ2n) is 7.37. The van der Waals surface area contributed by atoms with E-state index in [0.29, 0.717) is 24.5 Å². The number of hydrogen-bond acceptors (Lipinski definition) is 5. The topological polar surface area (TPSA) is 84.3 Å². The van der Waals surface area contributed by atoms with Crippen LogP contribution in [0.5, 0.6) is 5.75 Å². The molecule has 6 heteroatoms. The molecule has 0 fully saturated rings. The Bertz CT molecular complexity index is 1190. The number of rotatable bonds is 10. The van der Waals surface area contributed by atoms with Crippen LogP contribution in [0.4, 0.5) is 0 Å². The highest BCUT2D eigenvalue weighted by atomic mass is 16.5. The molecule has 6 nitrogen and oxygen atoms in total. The summed E-state index contributed by atoms with van der Waals surface area (Å²) in [5.41, 5.74) is 2.02. The summed E-state index contributed by atoms with van der Waals surface area (Å²) in [7, 11) is 0. The first-order valence-corrected chi connectivity index (χ1v) is 10.5. The first kappa shape index (κ1) is 21.3. The quantitative estimate of drug-likeness (QED) is 0.220. The minimum Gasteiger partial charge on any atom is -0.465 e. The first-order valence-electron chi connectivity index (χ1n) is 10.5. The number of benzene rings is 2. The molecule has 0 unspecified atom stereocenters. The van der Waals surface area contributed by atoms with Gasteiger partial charge in [0.05, 0.1) is 6.26 Å². The fraction of sp³-hybridized carbons (Fsp3) is 0.154. The van der Waals surface area contributed by atoms with Crippen LogP contribution in [-0.4, -0.2) is 29.3 Å². The fourth-order valence-corrected chi connectivity index (χ4v) is 3.45. The predicted octanol–water partition coefficient (Wildman–Crippen LogP) is 4.54. The van der Waals surface area contributed by atoms with Crippen molar-refractivity contribution in [3.8, 4) is 5.75 Å². The van der Waals surface area contributed by atoms with Crippen molar-refractivity contribution in [1.82, 2.24) is 10.3 Å². The highest BCUT2D eigenvalue weighted by Crippen LogP contribution is 2.20. The Kier molecular flexibility index (Phi) is 6.94. The van der Waals surface area contributed by atoms with E-state index < -0.39 is 6.04 Å². The van der Waals surface area contributed by atoms with Crippen LogP contribution >= 0.6 is 0 Å². The second-order valence-corrected chi connectivity index (χ2v) is 7.37. The van der Waals surface area contributed by atoms with Gasteiger partial charge in [0.25, 0.3) is 0 Å². The largest absolute Gasteiger partial charge is 0.465 e. The van der Waals surface area contributed by atoms with E-state index in [4.69, 9.17) is 9.15 Å². The van der Waals surface area contributed by atoms with E-state index in [9.17, 15) is 9.59 Å². The molecule has 1 atom stereocenters. The number of para-hydroxylation sites is 2. The number of ether oxygens (including phenoxy) is 1. The Balaban J connectivity index is 1.42. The maximum Gasteiger partial charge on any atom is 0.328 e. The third-order valence-corrected chi connectivity index (χ3v) is 5.08. The molecule has 4 rings (SSSR count). The third kappa shape index (κ3) is 5.62. The molecule has 4 aromatic rings. The Morgan fingerprint density at radius 3 is 2.66 bits per heavy atom. The average Bonchev–Trinajstić information content (AvgIpc) is 3.48. The van der Waals surface area contributed by atoms with Crippen molar-refractivity contribution >= 4 is 28.7 Å². The number of H-pyrrole nitrogens is 1. The lowest BCUT2D eigenvalue weighted by atomic mass is 10.0. The molecule has 162 valence electrons. The number of hydrogen-bond donors (Lipinski definition) is 2. The number of nitrogens with one attached hydrogen (secondary N) is 2. The van der Waals surface area contributed by atoms with Crippen molar-refractivity contribution in [3.05, 3.63) is 96.6 Å². The van der Waals surface area contributed by atoms with Gasteiger partial charge in [0.1, 0.15) is 17.6 Å². The zero-order chi connectivity index (χ0) is 22.2. The van der Waals surface area contributed by atoms with Gasteiger partial charge in [-0.3, -0.25) is 4.79 Å². The molecular formula is C26H24N2O4. The van der Waals surface area contributed by atoms with Crippen LogP contribution in [0.1, 0.15) is 17.7 Å². The van der Waals surface area contributed by atoms with Crippen LogP contribution in [0, 0.1) is 0 Å². The molecule has 0 spiro atoms. The Morgan fingerprint density at radius 1 is 1.03 bits per heavy atom.